The van der Waals surface area contributed by atoms with Crippen molar-refractivity contribution in [3.8, 4) is 0 Å². The van der Waals surface area contributed by atoms with Crippen molar-refractivity contribution in [2.75, 3.05) is 11.1 Å². The van der Waals surface area contributed by atoms with Crippen molar-refractivity contribution in [2.24, 2.45) is 0 Å². The molecule has 0 aliphatic rings. The van der Waals surface area contributed by atoms with Gasteiger partial charge in [-0.05, 0) is 37.1 Å². The molecule has 0 bridgehead atoms. The van der Waals surface area contributed by atoms with Gasteiger partial charge in [-0.25, -0.2) is 13.8 Å². The van der Waals surface area contributed by atoms with Crippen LogP contribution >= 0.6 is 0 Å². The van der Waals surface area contributed by atoms with E-state index in [4.69, 9.17) is 5.73 Å². The van der Waals surface area contributed by atoms with Gasteiger partial charge in [-0.1, -0.05) is 6.07 Å². The average Bonchev–Trinajstić information content (AvgIpc) is 2.24. The standard InChI is InChI=1S/C13H13F2N3/c1-7-3-8(2)5-9(4-7)17-13-11(15)6-10(14)12(16)18-13/h3-6H,1-2H3,(H3,16,17,18). The molecule has 3 N–H and O–H groups in total. The first-order valence-electron chi connectivity index (χ1n) is 5.42. The monoisotopic (exact) mass is 249 g/mol. The van der Waals surface area contributed by atoms with E-state index in [0.717, 1.165) is 11.1 Å². The lowest BCUT2D eigenvalue weighted by Crippen LogP contribution is -2.03. The smallest absolute Gasteiger partial charge is 0.169 e. The van der Waals surface area contributed by atoms with Crippen LogP contribution in [0.2, 0.25) is 0 Å². The SMILES string of the molecule is Cc1cc(C)cc(Nc2nc(N)c(F)cc2F)c1. The van der Waals surface area contributed by atoms with Crippen molar-refractivity contribution in [2.45, 2.75) is 13.8 Å². The third-order valence-electron chi connectivity index (χ3n) is 2.44. The van der Waals surface area contributed by atoms with E-state index >= 15 is 0 Å². The van der Waals surface area contributed by atoms with Crippen LogP contribution in [0.25, 0.3) is 0 Å². The molecule has 1 aromatic carbocycles. The van der Waals surface area contributed by atoms with E-state index in [2.05, 4.69) is 10.3 Å². The van der Waals surface area contributed by atoms with Gasteiger partial charge in [-0.15, -0.1) is 0 Å². The molecule has 0 fully saturated rings. The summed E-state index contributed by atoms with van der Waals surface area (Å²) in [5.74, 6) is -2.05. The Labute approximate surface area is 104 Å². The first kappa shape index (κ1) is 12.3. The number of nitrogens with zero attached hydrogens (tertiary/aromatic N) is 1. The molecule has 0 radical (unpaired) electrons. The highest BCUT2D eigenvalue weighted by atomic mass is 19.1. The number of pyridine rings is 1. The van der Waals surface area contributed by atoms with Gasteiger partial charge >= 0.3 is 0 Å². The van der Waals surface area contributed by atoms with Crippen LogP contribution in [0.5, 0.6) is 0 Å². The molecule has 18 heavy (non-hydrogen) atoms. The molecule has 0 aliphatic carbocycles. The van der Waals surface area contributed by atoms with E-state index in [1.165, 1.54) is 0 Å². The molecule has 0 saturated carbocycles. The highest BCUT2D eigenvalue weighted by molar-refractivity contribution is 5.60. The minimum Gasteiger partial charge on any atom is -0.381 e. The largest absolute Gasteiger partial charge is 0.381 e. The number of aromatic nitrogens is 1. The summed E-state index contributed by atoms with van der Waals surface area (Å²) >= 11 is 0. The van der Waals surface area contributed by atoms with Crippen molar-refractivity contribution in [1.29, 1.82) is 0 Å². The van der Waals surface area contributed by atoms with Crippen LogP contribution in [-0.4, -0.2) is 4.98 Å². The molecule has 0 atom stereocenters. The Kier molecular flexibility index (Phi) is 3.14. The predicted octanol–water partition coefficient (Wildman–Crippen LogP) is 3.30. The second-order valence-electron chi connectivity index (χ2n) is 4.19. The molecule has 0 unspecified atom stereocenters. The normalized spacial score (nSPS) is 10.4. The Hall–Kier alpha value is -2.17. The highest BCUT2D eigenvalue weighted by Gasteiger charge is 2.10. The van der Waals surface area contributed by atoms with E-state index in [0.29, 0.717) is 11.8 Å². The summed E-state index contributed by atoms with van der Waals surface area (Å²) in [7, 11) is 0. The molecule has 2 aromatic rings. The molecule has 5 heteroatoms. The van der Waals surface area contributed by atoms with Gasteiger partial charge in [0.15, 0.2) is 23.3 Å². The first-order chi connectivity index (χ1) is 8.45. The molecule has 0 spiro atoms. The second kappa shape index (κ2) is 4.60. The molecular weight excluding hydrogens is 236 g/mol. The van der Waals surface area contributed by atoms with Gasteiger partial charge in [0, 0.05) is 11.8 Å². The Morgan fingerprint density at radius 3 is 2.22 bits per heavy atom. The average molecular weight is 249 g/mol. The fraction of sp³-hybridized carbons (Fsp3) is 0.154. The van der Waals surface area contributed by atoms with Crippen LogP contribution in [0.3, 0.4) is 0 Å². The number of hydrogen-bond acceptors (Lipinski definition) is 3. The number of aryl methyl sites for hydroxylation is 2. The van der Waals surface area contributed by atoms with Gasteiger partial charge in [0.05, 0.1) is 0 Å². The van der Waals surface area contributed by atoms with Gasteiger partial charge in [-0.2, -0.15) is 0 Å². The van der Waals surface area contributed by atoms with E-state index in [9.17, 15) is 8.78 Å². The topological polar surface area (TPSA) is 50.9 Å². The second-order valence-corrected chi connectivity index (χ2v) is 4.19. The van der Waals surface area contributed by atoms with Crippen LogP contribution in [-0.2, 0) is 0 Å². The Morgan fingerprint density at radius 2 is 1.61 bits per heavy atom. The molecule has 1 heterocycles. The number of anilines is 3. The quantitative estimate of drug-likeness (QED) is 0.858. The number of nitrogens with two attached hydrogens (primary N) is 1. The lowest BCUT2D eigenvalue weighted by Gasteiger charge is -2.09. The Balaban J connectivity index is 2.36. The lowest BCUT2D eigenvalue weighted by molar-refractivity contribution is 0.581. The Morgan fingerprint density at radius 1 is 1.00 bits per heavy atom. The maximum Gasteiger partial charge on any atom is 0.169 e. The molecule has 94 valence electrons. The van der Waals surface area contributed by atoms with Crippen molar-refractivity contribution in [3.05, 3.63) is 47.0 Å². The molecule has 2 rings (SSSR count). The van der Waals surface area contributed by atoms with Crippen molar-refractivity contribution < 1.29 is 8.78 Å². The van der Waals surface area contributed by atoms with Gasteiger partial charge in [0.1, 0.15) is 0 Å². The van der Waals surface area contributed by atoms with Gasteiger partial charge in [0.25, 0.3) is 0 Å². The van der Waals surface area contributed by atoms with Crippen molar-refractivity contribution in [1.82, 2.24) is 4.98 Å². The number of rotatable bonds is 2. The van der Waals surface area contributed by atoms with Crippen LogP contribution in [0.15, 0.2) is 24.3 Å². The van der Waals surface area contributed by atoms with Crippen molar-refractivity contribution >= 4 is 17.3 Å². The fourth-order valence-corrected chi connectivity index (χ4v) is 1.75. The highest BCUT2D eigenvalue weighted by Crippen LogP contribution is 2.22. The minimum atomic E-state index is -0.863. The van der Waals surface area contributed by atoms with E-state index in [1.807, 2.05) is 32.0 Å². The van der Waals surface area contributed by atoms with E-state index in [1.54, 1.807) is 0 Å². The molecule has 1 aromatic heterocycles. The summed E-state index contributed by atoms with van der Waals surface area (Å²) in [4.78, 5) is 3.64. The van der Waals surface area contributed by atoms with Gasteiger partial charge in [0.2, 0.25) is 0 Å². The summed E-state index contributed by atoms with van der Waals surface area (Å²) in [5.41, 5.74) is 8.07. The zero-order valence-corrected chi connectivity index (χ0v) is 10.1. The van der Waals surface area contributed by atoms with Crippen molar-refractivity contribution in [3.63, 3.8) is 0 Å². The van der Waals surface area contributed by atoms with Crippen LogP contribution in [0.4, 0.5) is 26.1 Å². The molecule has 0 saturated heterocycles. The van der Waals surface area contributed by atoms with Gasteiger partial charge in [-0.3, -0.25) is 0 Å². The first-order valence-corrected chi connectivity index (χ1v) is 5.42. The summed E-state index contributed by atoms with van der Waals surface area (Å²) < 4.78 is 26.5. The number of nitrogens with one attached hydrogen (secondary N) is 1. The molecule has 3 nitrogen and oxygen atoms in total. The summed E-state index contributed by atoms with van der Waals surface area (Å²) in [6.07, 6.45) is 0. The fourth-order valence-electron chi connectivity index (χ4n) is 1.75. The maximum absolute atomic E-state index is 13.5. The summed E-state index contributed by atoms with van der Waals surface area (Å²) in [6, 6.07) is 6.39. The van der Waals surface area contributed by atoms with Crippen LogP contribution < -0.4 is 11.1 Å². The zero-order valence-electron chi connectivity index (χ0n) is 10.1. The summed E-state index contributed by atoms with van der Waals surface area (Å²) in [5, 5.41) is 2.79. The number of hydrogen-bond donors (Lipinski definition) is 2. The third kappa shape index (κ3) is 2.56. The molecule has 0 amide bonds. The Bertz CT molecular complexity index is 577. The van der Waals surface area contributed by atoms with E-state index in [-0.39, 0.29) is 11.6 Å². The summed E-state index contributed by atoms with van der Waals surface area (Å²) in [6.45, 7) is 3.86. The number of benzene rings is 1. The lowest BCUT2D eigenvalue weighted by atomic mass is 10.1. The zero-order chi connectivity index (χ0) is 13.3. The van der Waals surface area contributed by atoms with Crippen LogP contribution in [0.1, 0.15) is 11.1 Å². The van der Waals surface area contributed by atoms with Crippen LogP contribution in [0, 0.1) is 25.5 Å². The number of halogens is 2. The van der Waals surface area contributed by atoms with E-state index < -0.39 is 11.6 Å². The number of nitrogen functional groups attached to an aromatic ring is 1. The molecule has 0 aliphatic heterocycles. The van der Waals surface area contributed by atoms with Gasteiger partial charge < -0.3 is 11.1 Å². The minimum absolute atomic E-state index is 0.0844. The molecular formula is C13H13F2N3. The third-order valence-corrected chi connectivity index (χ3v) is 2.44. The maximum atomic E-state index is 13.5. The predicted molar refractivity (Wildman–Crippen MR) is 67.8 cm³/mol.